The van der Waals surface area contributed by atoms with Gasteiger partial charge in [0.1, 0.15) is 5.69 Å². The number of hydrogen-bond acceptors (Lipinski definition) is 4. The molecule has 1 fully saturated rings. The highest BCUT2D eigenvalue weighted by Gasteiger charge is 2.17. The largest absolute Gasteiger partial charge is 0.373 e. The third-order valence-electron chi connectivity index (χ3n) is 3.47. The number of hydrogen-bond donors (Lipinski definition) is 1. The number of nitrogens with one attached hydrogen (secondary N) is 1. The van der Waals surface area contributed by atoms with E-state index in [1.165, 1.54) is 12.8 Å². The summed E-state index contributed by atoms with van der Waals surface area (Å²) in [5, 5.41) is 3.48. The van der Waals surface area contributed by atoms with E-state index in [9.17, 15) is 4.79 Å². The Labute approximate surface area is 114 Å². The Morgan fingerprint density at radius 2 is 2.26 bits per heavy atom. The third kappa shape index (κ3) is 3.44. The maximum Gasteiger partial charge on any atom is 0.272 e. The van der Waals surface area contributed by atoms with Crippen LogP contribution in [0, 0.1) is 0 Å². The van der Waals surface area contributed by atoms with Gasteiger partial charge in [-0.1, -0.05) is 0 Å². The van der Waals surface area contributed by atoms with Crippen LogP contribution in [-0.2, 0) is 0 Å². The van der Waals surface area contributed by atoms with Crippen molar-refractivity contribution in [1.82, 2.24) is 15.2 Å². The van der Waals surface area contributed by atoms with E-state index in [1.54, 1.807) is 25.2 Å². The molecule has 5 heteroatoms. The molecular weight excluding hydrogens is 240 g/mol. The average Bonchev–Trinajstić information content (AvgIpc) is 2.90. The van der Waals surface area contributed by atoms with Gasteiger partial charge in [-0.2, -0.15) is 0 Å². The number of likely N-dealkylation sites (N-methyl/N-ethyl adjacent to an activating group) is 1. The zero-order valence-corrected chi connectivity index (χ0v) is 11.9. The predicted molar refractivity (Wildman–Crippen MR) is 76.5 cm³/mol. The Morgan fingerprint density at radius 1 is 1.47 bits per heavy atom. The first-order valence-corrected chi connectivity index (χ1v) is 6.70. The Bertz CT molecular complexity index is 441. The van der Waals surface area contributed by atoms with Crippen molar-refractivity contribution in [2.75, 3.05) is 39.1 Å². The zero-order chi connectivity index (χ0) is 13.8. The van der Waals surface area contributed by atoms with Crippen LogP contribution in [0.3, 0.4) is 0 Å². The molecule has 1 aromatic rings. The summed E-state index contributed by atoms with van der Waals surface area (Å²) < 4.78 is 0. The minimum absolute atomic E-state index is 0.0609. The van der Waals surface area contributed by atoms with Crippen LogP contribution in [0.1, 0.15) is 23.3 Å². The van der Waals surface area contributed by atoms with Crippen molar-refractivity contribution < 1.29 is 4.79 Å². The normalized spacial score (nSPS) is 18.4. The maximum absolute atomic E-state index is 11.9. The maximum atomic E-state index is 11.9. The van der Waals surface area contributed by atoms with E-state index in [0.29, 0.717) is 11.7 Å². The number of rotatable bonds is 4. The first kappa shape index (κ1) is 13.8. The molecule has 1 atom stereocenters. The predicted octanol–water partition coefficient (Wildman–Crippen LogP) is 0.972. The molecule has 1 aromatic heterocycles. The third-order valence-corrected chi connectivity index (χ3v) is 3.47. The second-order valence-electron chi connectivity index (χ2n) is 5.27. The molecule has 0 spiro atoms. The second-order valence-corrected chi connectivity index (χ2v) is 5.27. The van der Waals surface area contributed by atoms with Crippen LogP contribution in [0.5, 0.6) is 0 Å². The zero-order valence-electron chi connectivity index (χ0n) is 11.9. The molecule has 5 nitrogen and oxygen atoms in total. The van der Waals surface area contributed by atoms with Gasteiger partial charge in [0.2, 0.25) is 0 Å². The molecule has 104 valence electrons. The summed E-state index contributed by atoms with van der Waals surface area (Å²) in [4.78, 5) is 19.8. The van der Waals surface area contributed by atoms with Crippen molar-refractivity contribution in [3.63, 3.8) is 0 Å². The molecule has 0 radical (unpaired) electrons. The van der Waals surface area contributed by atoms with E-state index in [-0.39, 0.29) is 5.91 Å². The summed E-state index contributed by atoms with van der Waals surface area (Å²) >= 11 is 0. The van der Waals surface area contributed by atoms with Crippen LogP contribution in [-0.4, -0.2) is 56.1 Å². The first-order valence-electron chi connectivity index (χ1n) is 6.70. The van der Waals surface area contributed by atoms with E-state index in [2.05, 4.69) is 22.2 Å². The summed E-state index contributed by atoms with van der Waals surface area (Å²) in [7, 11) is 5.53. The Balaban J connectivity index is 2.06. The lowest BCUT2D eigenvalue weighted by atomic mass is 10.2. The smallest absolute Gasteiger partial charge is 0.272 e. The monoisotopic (exact) mass is 262 g/mol. The molecule has 0 aliphatic carbocycles. The summed E-state index contributed by atoms with van der Waals surface area (Å²) in [6, 6.07) is 4.35. The summed E-state index contributed by atoms with van der Waals surface area (Å²) in [5.41, 5.74) is 1.53. The number of carbonyl (C=O) groups is 1. The van der Waals surface area contributed by atoms with Gasteiger partial charge in [0.25, 0.3) is 5.91 Å². The molecule has 2 rings (SSSR count). The van der Waals surface area contributed by atoms with Gasteiger partial charge in [-0.05, 0) is 31.5 Å². The van der Waals surface area contributed by atoms with Crippen LogP contribution in [0.25, 0.3) is 0 Å². The fourth-order valence-corrected chi connectivity index (χ4v) is 2.35. The first-order chi connectivity index (χ1) is 9.08. The van der Waals surface area contributed by atoms with Crippen LogP contribution < -0.4 is 10.2 Å². The van der Waals surface area contributed by atoms with Crippen LogP contribution in [0.4, 0.5) is 5.69 Å². The van der Waals surface area contributed by atoms with Gasteiger partial charge in [0.05, 0.1) is 0 Å². The van der Waals surface area contributed by atoms with E-state index in [1.807, 2.05) is 12.1 Å². The van der Waals surface area contributed by atoms with Crippen LogP contribution in [0.15, 0.2) is 18.3 Å². The van der Waals surface area contributed by atoms with E-state index in [4.69, 9.17) is 0 Å². The van der Waals surface area contributed by atoms with E-state index in [0.717, 1.165) is 18.8 Å². The lowest BCUT2D eigenvalue weighted by molar-refractivity contribution is 0.0822. The number of carbonyl (C=O) groups excluding carboxylic acids is 1. The van der Waals surface area contributed by atoms with Crippen molar-refractivity contribution in [2.45, 2.75) is 18.9 Å². The molecule has 1 amide bonds. The molecule has 1 aliphatic heterocycles. The Kier molecular flexibility index (Phi) is 4.37. The molecular formula is C14H22N4O. The highest BCUT2D eigenvalue weighted by Crippen LogP contribution is 2.16. The van der Waals surface area contributed by atoms with Crippen LogP contribution >= 0.6 is 0 Å². The van der Waals surface area contributed by atoms with Crippen molar-refractivity contribution in [3.8, 4) is 0 Å². The standard InChI is InChI=1S/C14H22N4O/c1-17(2)14(19)13-9-12(6-8-16-13)18(3)10-11-5-4-7-15-11/h6,8-9,11,15H,4-5,7,10H2,1-3H3. The molecule has 1 unspecified atom stereocenters. The summed E-state index contributed by atoms with van der Waals surface area (Å²) in [6.07, 6.45) is 4.17. The molecule has 0 saturated carbocycles. The lowest BCUT2D eigenvalue weighted by Gasteiger charge is -2.23. The average molecular weight is 262 g/mol. The molecule has 1 aliphatic rings. The Morgan fingerprint density at radius 3 is 2.89 bits per heavy atom. The van der Waals surface area contributed by atoms with Gasteiger partial charge in [-0.25, -0.2) is 0 Å². The highest BCUT2D eigenvalue weighted by molar-refractivity contribution is 5.92. The molecule has 1 saturated heterocycles. The number of aromatic nitrogens is 1. The van der Waals surface area contributed by atoms with Gasteiger partial charge < -0.3 is 15.1 Å². The number of pyridine rings is 1. The van der Waals surface area contributed by atoms with Crippen molar-refractivity contribution >= 4 is 11.6 Å². The Hall–Kier alpha value is -1.62. The highest BCUT2D eigenvalue weighted by atomic mass is 16.2. The molecule has 0 bridgehead atoms. The van der Waals surface area contributed by atoms with Gasteiger partial charge in [0.15, 0.2) is 0 Å². The molecule has 19 heavy (non-hydrogen) atoms. The number of anilines is 1. The van der Waals surface area contributed by atoms with Crippen molar-refractivity contribution in [2.24, 2.45) is 0 Å². The molecule has 0 aromatic carbocycles. The van der Waals surface area contributed by atoms with Gasteiger partial charge >= 0.3 is 0 Å². The number of amides is 1. The van der Waals surface area contributed by atoms with Crippen molar-refractivity contribution in [1.29, 1.82) is 0 Å². The SMILES string of the molecule is CN(C)C(=O)c1cc(N(C)CC2CCCN2)ccn1. The van der Waals surface area contributed by atoms with Gasteiger partial charge in [-0.15, -0.1) is 0 Å². The minimum Gasteiger partial charge on any atom is -0.373 e. The quantitative estimate of drug-likeness (QED) is 0.878. The topological polar surface area (TPSA) is 48.5 Å². The fraction of sp³-hybridized carbons (Fsp3) is 0.571. The van der Waals surface area contributed by atoms with Gasteiger partial charge in [-0.3, -0.25) is 9.78 Å². The fourth-order valence-electron chi connectivity index (χ4n) is 2.35. The summed E-state index contributed by atoms with van der Waals surface area (Å²) in [6.45, 7) is 2.07. The van der Waals surface area contributed by atoms with E-state index >= 15 is 0 Å². The number of nitrogens with zero attached hydrogens (tertiary/aromatic N) is 3. The van der Waals surface area contributed by atoms with Crippen LogP contribution in [0.2, 0.25) is 0 Å². The van der Waals surface area contributed by atoms with E-state index < -0.39 is 0 Å². The lowest BCUT2D eigenvalue weighted by Crippen LogP contribution is -2.35. The molecule has 2 heterocycles. The summed E-state index contributed by atoms with van der Waals surface area (Å²) in [5.74, 6) is -0.0609. The van der Waals surface area contributed by atoms with Gasteiger partial charge in [0, 0.05) is 45.6 Å². The molecule has 1 N–H and O–H groups in total. The minimum atomic E-state index is -0.0609. The van der Waals surface area contributed by atoms with Crippen molar-refractivity contribution in [3.05, 3.63) is 24.0 Å². The second kappa shape index (κ2) is 6.02.